The monoisotopic (exact) mass is 376 g/mol. The number of benzene rings is 3. The molecule has 0 spiro atoms. The van der Waals surface area contributed by atoms with Crippen LogP contribution >= 0.6 is 11.8 Å². The van der Waals surface area contributed by atoms with Crippen molar-refractivity contribution in [3.8, 4) is 0 Å². The number of hydrogen-bond donors (Lipinski definition) is 2. The average molecular weight is 376 g/mol. The zero-order valence-corrected chi connectivity index (χ0v) is 15.5. The van der Waals surface area contributed by atoms with Crippen LogP contribution in [-0.4, -0.2) is 17.6 Å². The van der Waals surface area contributed by atoms with Gasteiger partial charge in [-0.2, -0.15) is 0 Å². The van der Waals surface area contributed by atoms with E-state index in [2.05, 4.69) is 10.6 Å². The first kappa shape index (κ1) is 18.7. The standard InChI is InChI=1S/C22H20N2O2S/c25-21(15-17-7-3-1-4-8-17)23-19-11-13-20(14-12-19)27-16-22(26)24-18-9-5-2-6-10-18/h1-14H,15-16H2,(H,23,25)(H,24,26). The molecule has 0 fully saturated rings. The van der Waals surface area contributed by atoms with E-state index in [-0.39, 0.29) is 11.8 Å². The molecule has 2 amide bonds. The van der Waals surface area contributed by atoms with Crippen LogP contribution in [0.5, 0.6) is 0 Å². The number of nitrogens with one attached hydrogen (secondary N) is 2. The second-order valence-electron chi connectivity index (χ2n) is 5.94. The number of carbonyl (C=O) groups excluding carboxylic acids is 2. The highest BCUT2D eigenvalue weighted by Gasteiger charge is 2.06. The number of thioether (sulfide) groups is 1. The molecule has 0 aromatic heterocycles. The lowest BCUT2D eigenvalue weighted by atomic mass is 10.1. The molecule has 3 rings (SSSR count). The van der Waals surface area contributed by atoms with Crippen molar-refractivity contribution >= 4 is 35.0 Å². The number of anilines is 2. The second-order valence-corrected chi connectivity index (χ2v) is 6.99. The fourth-order valence-electron chi connectivity index (χ4n) is 2.49. The van der Waals surface area contributed by atoms with Gasteiger partial charge in [0.05, 0.1) is 12.2 Å². The van der Waals surface area contributed by atoms with Crippen LogP contribution in [0.1, 0.15) is 5.56 Å². The van der Waals surface area contributed by atoms with Crippen molar-refractivity contribution in [2.75, 3.05) is 16.4 Å². The molecule has 0 aliphatic rings. The molecule has 3 aromatic carbocycles. The van der Waals surface area contributed by atoms with Gasteiger partial charge in [0, 0.05) is 16.3 Å². The van der Waals surface area contributed by atoms with Gasteiger partial charge in [0.1, 0.15) is 0 Å². The van der Waals surface area contributed by atoms with Crippen LogP contribution in [-0.2, 0) is 16.0 Å². The molecule has 0 aliphatic carbocycles. The van der Waals surface area contributed by atoms with Gasteiger partial charge in [0.2, 0.25) is 11.8 Å². The van der Waals surface area contributed by atoms with Gasteiger partial charge in [-0.15, -0.1) is 11.8 Å². The van der Waals surface area contributed by atoms with E-state index in [1.807, 2.05) is 84.9 Å². The largest absolute Gasteiger partial charge is 0.326 e. The number of para-hydroxylation sites is 1. The minimum Gasteiger partial charge on any atom is -0.326 e. The van der Waals surface area contributed by atoms with Crippen LogP contribution in [0.15, 0.2) is 89.8 Å². The smallest absolute Gasteiger partial charge is 0.234 e. The predicted molar refractivity (Wildman–Crippen MR) is 111 cm³/mol. The quantitative estimate of drug-likeness (QED) is 0.593. The van der Waals surface area contributed by atoms with Crippen LogP contribution in [0, 0.1) is 0 Å². The lowest BCUT2D eigenvalue weighted by Crippen LogP contribution is -2.14. The Morgan fingerprint density at radius 2 is 1.22 bits per heavy atom. The van der Waals surface area contributed by atoms with E-state index in [0.717, 1.165) is 21.8 Å². The van der Waals surface area contributed by atoms with Crippen molar-refractivity contribution in [1.82, 2.24) is 0 Å². The minimum atomic E-state index is -0.0520. The maximum atomic E-state index is 12.1. The van der Waals surface area contributed by atoms with Crippen molar-refractivity contribution in [2.45, 2.75) is 11.3 Å². The number of rotatable bonds is 7. The zero-order valence-electron chi connectivity index (χ0n) is 14.7. The van der Waals surface area contributed by atoms with E-state index in [0.29, 0.717) is 12.2 Å². The van der Waals surface area contributed by atoms with Crippen molar-refractivity contribution < 1.29 is 9.59 Å². The van der Waals surface area contributed by atoms with Crippen molar-refractivity contribution in [1.29, 1.82) is 0 Å². The Bertz CT molecular complexity index is 881. The molecule has 0 aliphatic heterocycles. The molecule has 0 saturated carbocycles. The summed E-state index contributed by atoms with van der Waals surface area (Å²) in [7, 11) is 0. The minimum absolute atomic E-state index is 0.0496. The zero-order chi connectivity index (χ0) is 18.9. The van der Waals surface area contributed by atoms with E-state index in [1.165, 1.54) is 11.8 Å². The Labute approximate surface area is 163 Å². The van der Waals surface area contributed by atoms with Gasteiger partial charge in [-0.3, -0.25) is 9.59 Å². The van der Waals surface area contributed by atoms with Gasteiger partial charge in [-0.05, 0) is 42.0 Å². The Kier molecular flexibility index (Phi) is 6.66. The third kappa shape index (κ3) is 6.31. The maximum absolute atomic E-state index is 12.1. The number of carbonyl (C=O) groups is 2. The molecule has 2 N–H and O–H groups in total. The highest BCUT2D eigenvalue weighted by molar-refractivity contribution is 8.00. The third-order valence-corrected chi connectivity index (χ3v) is 4.79. The molecular weight excluding hydrogens is 356 g/mol. The Morgan fingerprint density at radius 3 is 1.89 bits per heavy atom. The average Bonchev–Trinajstić information content (AvgIpc) is 2.69. The van der Waals surface area contributed by atoms with Crippen LogP contribution < -0.4 is 10.6 Å². The van der Waals surface area contributed by atoms with Gasteiger partial charge in [-0.25, -0.2) is 0 Å². The van der Waals surface area contributed by atoms with Gasteiger partial charge < -0.3 is 10.6 Å². The Morgan fingerprint density at radius 1 is 0.667 bits per heavy atom. The second kappa shape index (κ2) is 9.59. The molecule has 5 heteroatoms. The van der Waals surface area contributed by atoms with Gasteiger partial charge in [-0.1, -0.05) is 48.5 Å². The first-order valence-electron chi connectivity index (χ1n) is 8.60. The molecule has 0 radical (unpaired) electrons. The molecule has 0 bridgehead atoms. The molecule has 0 atom stereocenters. The molecule has 0 saturated heterocycles. The summed E-state index contributed by atoms with van der Waals surface area (Å²) in [6.07, 6.45) is 0.344. The fraction of sp³-hybridized carbons (Fsp3) is 0.0909. The van der Waals surface area contributed by atoms with Crippen LogP contribution in [0.2, 0.25) is 0 Å². The SMILES string of the molecule is O=C(CSc1ccc(NC(=O)Cc2ccccc2)cc1)Nc1ccccc1. The summed E-state index contributed by atoms with van der Waals surface area (Å²) in [5.74, 6) is 0.226. The highest BCUT2D eigenvalue weighted by Crippen LogP contribution is 2.21. The summed E-state index contributed by atoms with van der Waals surface area (Å²) in [4.78, 5) is 25.0. The molecule has 4 nitrogen and oxygen atoms in total. The Balaban J connectivity index is 1.45. The summed E-state index contributed by atoms with van der Waals surface area (Å²) in [5, 5.41) is 5.74. The third-order valence-electron chi connectivity index (χ3n) is 3.77. The topological polar surface area (TPSA) is 58.2 Å². The fourth-order valence-corrected chi connectivity index (χ4v) is 3.19. The normalized spacial score (nSPS) is 10.2. The summed E-state index contributed by atoms with van der Waals surface area (Å²) in [6, 6.07) is 26.5. The summed E-state index contributed by atoms with van der Waals surface area (Å²) < 4.78 is 0. The van der Waals surface area contributed by atoms with Crippen molar-refractivity contribution in [3.05, 3.63) is 90.5 Å². The summed E-state index contributed by atoms with van der Waals surface area (Å²) in [5.41, 5.74) is 2.51. The van der Waals surface area contributed by atoms with E-state index < -0.39 is 0 Å². The molecular formula is C22H20N2O2S. The van der Waals surface area contributed by atoms with E-state index in [1.54, 1.807) is 0 Å². The first-order chi connectivity index (χ1) is 13.2. The van der Waals surface area contributed by atoms with Crippen LogP contribution in [0.3, 0.4) is 0 Å². The predicted octanol–water partition coefficient (Wildman–Crippen LogP) is 4.60. The van der Waals surface area contributed by atoms with Gasteiger partial charge >= 0.3 is 0 Å². The molecule has 136 valence electrons. The molecule has 0 unspecified atom stereocenters. The van der Waals surface area contributed by atoms with Crippen molar-refractivity contribution in [2.24, 2.45) is 0 Å². The lowest BCUT2D eigenvalue weighted by Gasteiger charge is -2.07. The molecule has 3 aromatic rings. The van der Waals surface area contributed by atoms with Crippen LogP contribution in [0.25, 0.3) is 0 Å². The van der Waals surface area contributed by atoms with Gasteiger partial charge in [0.15, 0.2) is 0 Å². The van der Waals surface area contributed by atoms with E-state index in [4.69, 9.17) is 0 Å². The molecule has 27 heavy (non-hydrogen) atoms. The van der Waals surface area contributed by atoms with E-state index >= 15 is 0 Å². The van der Waals surface area contributed by atoms with Gasteiger partial charge in [0.25, 0.3) is 0 Å². The first-order valence-corrected chi connectivity index (χ1v) is 9.59. The number of hydrogen-bond acceptors (Lipinski definition) is 3. The highest BCUT2D eigenvalue weighted by atomic mass is 32.2. The summed E-state index contributed by atoms with van der Waals surface area (Å²) in [6.45, 7) is 0. The Hall–Kier alpha value is -3.05. The van der Waals surface area contributed by atoms with Crippen molar-refractivity contribution in [3.63, 3.8) is 0 Å². The molecule has 0 heterocycles. The van der Waals surface area contributed by atoms with E-state index in [9.17, 15) is 9.59 Å². The summed E-state index contributed by atoms with van der Waals surface area (Å²) >= 11 is 1.45. The lowest BCUT2D eigenvalue weighted by molar-refractivity contribution is -0.115. The van der Waals surface area contributed by atoms with Crippen LogP contribution in [0.4, 0.5) is 11.4 Å². The maximum Gasteiger partial charge on any atom is 0.234 e. The number of amides is 2.